The summed E-state index contributed by atoms with van der Waals surface area (Å²) in [5.74, 6) is -1.68. The summed E-state index contributed by atoms with van der Waals surface area (Å²) in [5, 5.41) is 20.6. The van der Waals surface area contributed by atoms with E-state index in [1.54, 1.807) is 31.2 Å². The van der Waals surface area contributed by atoms with Gasteiger partial charge in [-0.05, 0) is 31.0 Å². The number of carboxylic acid groups (broad SMARTS) is 1. The molecule has 0 aliphatic carbocycles. The van der Waals surface area contributed by atoms with Crippen molar-refractivity contribution in [2.24, 2.45) is 0 Å². The van der Waals surface area contributed by atoms with E-state index in [0.717, 1.165) is 5.56 Å². The van der Waals surface area contributed by atoms with Crippen molar-refractivity contribution in [1.82, 2.24) is 0 Å². The molecule has 2 aromatic carbocycles. The minimum absolute atomic E-state index is 0. The van der Waals surface area contributed by atoms with Crippen LogP contribution in [0.3, 0.4) is 0 Å². The Morgan fingerprint density at radius 1 is 1.07 bits per heavy atom. The monoisotopic (exact) mass is 418 g/mol. The SMILES string of the molecule is CC(=O)CC(c1ccccc1)c1c(O)c2ccccc2oc1=O.CCCC(=O)[O-].[Na+]. The Morgan fingerprint density at radius 2 is 1.67 bits per heavy atom. The average Bonchev–Trinajstić information content (AvgIpc) is 2.68. The van der Waals surface area contributed by atoms with Crippen LogP contribution in [0.4, 0.5) is 0 Å². The first-order chi connectivity index (χ1) is 13.8. The third-order valence-corrected chi connectivity index (χ3v) is 4.32. The second-order valence-electron chi connectivity index (χ2n) is 6.64. The van der Waals surface area contributed by atoms with Crippen LogP contribution in [0.2, 0.25) is 0 Å². The van der Waals surface area contributed by atoms with Gasteiger partial charge in [0, 0.05) is 18.3 Å². The van der Waals surface area contributed by atoms with Crippen molar-refractivity contribution in [2.45, 2.75) is 39.0 Å². The average molecular weight is 418 g/mol. The van der Waals surface area contributed by atoms with Crippen LogP contribution in [0, 0.1) is 0 Å². The number of benzene rings is 2. The molecule has 3 rings (SSSR count). The number of Topliss-reactive ketones (excluding diaryl/α,β-unsaturated/α-hetero) is 1. The van der Waals surface area contributed by atoms with E-state index in [9.17, 15) is 24.6 Å². The van der Waals surface area contributed by atoms with Gasteiger partial charge in [0.15, 0.2) is 0 Å². The maximum absolute atomic E-state index is 12.4. The zero-order valence-corrected chi connectivity index (χ0v) is 19.4. The van der Waals surface area contributed by atoms with E-state index in [1.807, 2.05) is 30.3 Å². The zero-order chi connectivity index (χ0) is 21.4. The van der Waals surface area contributed by atoms with Gasteiger partial charge in [-0.15, -0.1) is 0 Å². The van der Waals surface area contributed by atoms with Crippen molar-refractivity contribution in [3.05, 3.63) is 76.1 Å². The third kappa shape index (κ3) is 6.83. The van der Waals surface area contributed by atoms with Gasteiger partial charge >= 0.3 is 35.2 Å². The molecule has 30 heavy (non-hydrogen) atoms. The van der Waals surface area contributed by atoms with Gasteiger partial charge in [-0.2, -0.15) is 0 Å². The summed E-state index contributed by atoms with van der Waals surface area (Å²) in [4.78, 5) is 33.6. The molecule has 3 aromatic rings. The summed E-state index contributed by atoms with van der Waals surface area (Å²) in [6.45, 7) is 3.27. The van der Waals surface area contributed by atoms with Gasteiger partial charge in [0.2, 0.25) is 0 Å². The Balaban J connectivity index is 0.000000567. The molecule has 1 atom stereocenters. The summed E-state index contributed by atoms with van der Waals surface area (Å²) in [6, 6.07) is 16.0. The number of fused-ring (bicyclic) bond motifs is 1. The van der Waals surface area contributed by atoms with E-state index in [1.165, 1.54) is 6.92 Å². The van der Waals surface area contributed by atoms with Crippen LogP contribution >= 0.6 is 0 Å². The maximum Gasteiger partial charge on any atom is 1.00 e. The molecule has 7 heteroatoms. The van der Waals surface area contributed by atoms with Gasteiger partial charge in [0.1, 0.15) is 17.1 Å². The first-order valence-electron chi connectivity index (χ1n) is 9.34. The summed E-state index contributed by atoms with van der Waals surface area (Å²) in [6.07, 6.45) is 0.975. The Hall–Kier alpha value is -2.41. The van der Waals surface area contributed by atoms with Crippen molar-refractivity contribution in [3.63, 3.8) is 0 Å². The van der Waals surface area contributed by atoms with Crippen LogP contribution in [0.25, 0.3) is 11.0 Å². The summed E-state index contributed by atoms with van der Waals surface area (Å²) in [7, 11) is 0. The van der Waals surface area contributed by atoms with E-state index < -0.39 is 17.5 Å². The van der Waals surface area contributed by atoms with Crippen LogP contribution in [0.5, 0.6) is 5.75 Å². The summed E-state index contributed by atoms with van der Waals surface area (Å²) < 4.78 is 5.33. The van der Waals surface area contributed by atoms with Gasteiger partial charge in [-0.25, -0.2) is 4.79 Å². The van der Waals surface area contributed by atoms with Crippen LogP contribution in [-0.4, -0.2) is 16.9 Å². The summed E-state index contributed by atoms with van der Waals surface area (Å²) >= 11 is 0. The van der Waals surface area contributed by atoms with E-state index in [2.05, 4.69) is 0 Å². The second-order valence-corrected chi connectivity index (χ2v) is 6.64. The van der Waals surface area contributed by atoms with Crippen LogP contribution < -0.4 is 40.3 Å². The van der Waals surface area contributed by atoms with E-state index in [-0.39, 0.29) is 59.5 Å². The molecule has 1 aromatic heterocycles. The molecule has 0 amide bonds. The molecule has 0 aliphatic heterocycles. The molecule has 152 valence electrons. The van der Waals surface area contributed by atoms with Crippen LogP contribution in [0.1, 0.15) is 50.2 Å². The molecule has 0 fully saturated rings. The molecule has 1 heterocycles. The summed E-state index contributed by atoms with van der Waals surface area (Å²) in [5.41, 5.74) is 0.635. The predicted molar refractivity (Wildman–Crippen MR) is 108 cm³/mol. The van der Waals surface area contributed by atoms with Gasteiger partial charge < -0.3 is 19.4 Å². The first kappa shape index (κ1) is 25.6. The van der Waals surface area contributed by atoms with E-state index >= 15 is 0 Å². The molecule has 0 bridgehead atoms. The van der Waals surface area contributed by atoms with E-state index in [4.69, 9.17) is 4.42 Å². The fraction of sp³-hybridized carbons (Fsp3) is 0.261. The number of carbonyl (C=O) groups is 2. The van der Waals surface area contributed by atoms with Crippen molar-refractivity contribution < 1.29 is 53.8 Å². The van der Waals surface area contributed by atoms with Gasteiger partial charge in [-0.3, -0.25) is 4.79 Å². The van der Waals surface area contributed by atoms with Crippen molar-refractivity contribution >= 4 is 22.7 Å². The third-order valence-electron chi connectivity index (χ3n) is 4.32. The zero-order valence-electron chi connectivity index (χ0n) is 17.4. The standard InChI is InChI=1S/C19H16O4.C4H8O2.Na/c1-12(20)11-15(13-7-3-2-4-8-13)17-18(21)14-9-5-6-10-16(14)23-19(17)22;1-2-3-4(5)6;/h2-10,15,21H,11H2,1H3;2-3H2,1H3,(H,5,6);/q;;+1/p-1. The van der Waals surface area contributed by atoms with Crippen molar-refractivity contribution in [2.75, 3.05) is 0 Å². The molecular weight excluding hydrogens is 395 g/mol. The second kappa shape index (κ2) is 12.3. The van der Waals surface area contributed by atoms with Gasteiger partial charge in [-0.1, -0.05) is 55.8 Å². The molecule has 0 saturated heterocycles. The number of rotatable bonds is 6. The Kier molecular flexibility index (Phi) is 10.5. The fourth-order valence-corrected chi connectivity index (χ4v) is 3.02. The fourth-order valence-electron chi connectivity index (χ4n) is 3.02. The number of hydrogen-bond donors (Lipinski definition) is 1. The Labute approximate surface area is 196 Å². The van der Waals surface area contributed by atoms with Crippen LogP contribution in [0.15, 0.2) is 63.8 Å². The molecule has 0 spiro atoms. The molecule has 1 unspecified atom stereocenters. The predicted octanol–water partition coefficient (Wildman–Crippen LogP) is 0.150. The largest absolute Gasteiger partial charge is 1.00 e. The minimum atomic E-state index is -0.961. The van der Waals surface area contributed by atoms with Gasteiger partial charge in [0.25, 0.3) is 0 Å². The molecular formula is C23H23NaO6. The van der Waals surface area contributed by atoms with E-state index in [0.29, 0.717) is 17.4 Å². The Bertz CT molecular complexity index is 1040. The number of aliphatic carboxylic acids is 1. The maximum atomic E-state index is 12.4. The number of para-hydroxylation sites is 1. The number of carbonyl (C=O) groups excluding carboxylic acids is 2. The molecule has 6 nitrogen and oxygen atoms in total. The topological polar surface area (TPSA) is 108 Å². The molecule has 0 aliphatic rings. The smallest absolute Gasteiger partial charge is 0.550 e. The molecule has 0 saturated carbocycles. The van der Waals surface area contributed by atoms with Crippen molar-refractivity contribution in [1.29, 1.82) is 0 Å². The van der Waals surface area contributed by atoms with Crippen molar-refractivity contribution in [3.8, 4) is 5.75 Å². The molecule has 0 radical (unpaired) electrons. The quantitative estimate of drug-likeness (QED) is 0.451. The normalized spacial score (nSPS) is 11.0. The number of aromatic hydroxyl groups is 1. The number of ketones is 1. The number of carboxylic acids is 1. The minimum Gasteiger partial charge on any atom is -0.550 e. The molecule has 1 N–H and O–H groups in total. The number of hydrogen-bond acceptors (Lipinski definition) is 6. The van der Waals surface area contributed by atoms with Gasteiger partial charge in [0.05, 0.1) is 10.9 Å². The van der Waals surface area contributed by atoms with Crippen LogP contribution in [-0.2, 0) is 9.59 Å². The Morgan fingerprint density at radius 3 is 2.20 bits per heavy atom. The first-order valence-corrected chi connectivity index (χ1v) is 9.34.